The number of nitrogens with one attached hydrogen (secondary N) is 1. The zero-order valence-electron chi connectivity index (χ0n) is 15.3. The van der Waals surface area contributed by atoms with Crippen molar-refractivity contribution in [1.82, 2.24) is 0 Å². The fourth-order valence-corrected chi connectivity index (χ4v) is 2.87. The second-order valence-electron chi connectivity index (χ2n) is 6.24. The molecular weight excluding hydrogens is 351 g/mol. The van der Waals surface area contributed by atoms with Crippen LogP contribution in [0.2, 0.25) is 0 Å². The van der Waals surface area contributed by atoms with Crippen LogP contribution in [-0.4, -0.2) is 45.3 Å². The predicted octanol–water partition coefficient (Wildman–Crippen LogP) is 3.01. The molecule has 1 heterocycles. The summed E-state index contributed by atoms with van der Waals surface area (Å²) >= 11 is 0. The van der Waals surface area contributed by atoms with E-state index in [0.717, 1.165) is 18.8 Å². The number of carbonyl (C=O) groups is 2. The minimum Gasteiger partial charge on any atom is -0.465 e. The highest BCUT2D eigenvalue weighted by molar-refractivity contribution is 6.08. The third-order valence-corrected chi connectivity index (χ3v) is 4.47. The van der Waals surface area contributed by atoms with Crippen molar-refractivity contribution in [1.29, 1.82) is 0 Å². The van der Waals surface area contributed by atoms with Gasteiger partial charge in [-0.2, -0.15) is 0 Å². The molecule has 0 atom stereocenters. The molecule has 1 saturated heterocycles. The van der Waals surface area contributed by atoms with E-state index < -0.39 is 17.7 Å². The second kappa shape index (κ2) is 8.18. The molecule has 7 heteroatoms. The third-order valence-electron chi connectivity index (χ3n) is 4.47. The first-order valence-electron chi connectivity index (χ1n) is 8.62. The Kier molecular flexibility index (Phi) is 5.71. The maximum absolute atomic E-state index is 13.7. The Bertz CT molecular complexity index is 863. The van der Waals surface area contributed by atoms with Crippen LogP contribution < -0.4 is 10.2 Å². The zero-order valence-corrected chi connectivity index (χ0v) is 15.3. The Morgan fingerprint density at radius 1 is 1.15 bits per heavy atom. The van der Waals surface area contributed by atoms with Gasteiger partial charge in [-0.25, -0.2) is 9.18 Å². The van der Waals surface area contributed by atoms with Crippen LogP contribution in [0.15, 0.2) is 36.4 Å². The van der Waals surface area contributed by atoms with Gasteiger partial charge in [0.25, 0.3) is 5.91 Å². The number of carbonyl (C=O) groups excluding carboxylic acids is 2. The number of morpholine rings is 1. The standard InChI is InChI=1S/C20H21FN2O4/c1-13-3-4-14(11-17(13)21)19(24)22-18-6-5-15(12-16(18)20(25)26-2)23-7-9-27-10-8-23/h3-6,11-12H,7-10H2,1-2H3,(H,22,24). The summed E-state index contributed by atoms with van der Waals surface area (Å²) in [7, 11) is 1.28. The number of rotatable bonds is 4. The summed E-state index contributed by atoms with van der Waals surface area (Å²) in [4.78, 5) is 26.8. The molecule has 0 aromatic heterocycles. The first-order chi connectivity index (χ1) is 13.0. The summed E-state index contributed by atoms with van der Waals surface area (Å²) in [5.74, 6) is -1.52. The molecule has 2 aromatic rings. The van der Waals surface area contributed by atoms with Crippen molar-refractivity contribution in [2.24, 2.45) is 0 Å². The largest absolute Gasteiger partial charge is 0.465 e. The predicted molar refractivity (Wildman–Crippen MR) is 99.9 cm³/mol. The molecule has 6 nitrogen and oxygen atoms in total. The fraction of sp³-hybridized carbons (Fsp3) is 0.300. The molecule has 2 aromatic carbocycles. The third kappa shape index (κ3) is 4.25. The lowest BCUT2D eigenvalue weighted by atomic mass is 10.1. The number of hydrogen-bond acceptors (Lipinski definition) is 5. The topological polar surface area (TPSA) is 67.9 Å². The lowest BCUT2D eigenvalue weighted by Gasteiger charge is -2.29. The summed E-state index contributed by atoms with van der Waals surface area (Å²) in [6, 6.07) is 9.40. The zero-order chi connectivity index (χ0) is 19.4. The molecule has 1 aliphatic heterocycles. The number of halogens is 1. The van der Waals surface area contributed by atoms with Gasteiger partial charge in [0, 0.05) is 24.3 Å². The number of anilines is 2. The Hall–Kier alpha value is -2.93. The maximum Gasteiger partial charge on any atom is 0.340 e. The lowest BCUT2D eigenvalue weighted by molar-refractivity contribution is 0.0602. The number of nitrogens with zero attached hydrogens (tertiary/aromatic N) is 1. The summed E-state index contributed by atoms with van der Waals surface area (Å²) in [6.07, 6.45) is 0. The molecule has 0 unspecified atom stereocenters. The summed E-state index contributed by atoms with van der Waals surface area (Å²) in [5, 5.41) is 2.67. The van der Waals surface area contributed by atoms with E-state index in [1.54, 1.807) is 19.1 Å². The molecule has 27 heavy (non-hydrogen) atoms. The van der Waals surface area contributed by atoms with Crippen LogP contribution in [0.5, 0.6) is 0 Å². The van der Waals surface area contributed by atoms with E-state index in [2.05, 4.69) is 10.2 Å². The highest BCUT2D eigenvalue weighted by atomic mass is 19.1. The molecule has 1 N–H and O–H groups in total. The Morgan fingerprint density at radius 3 is 2.56 bits per heavy atom. The number of methoxy groups -OCH3 is 1. The highest BCUT2D eigenvalue weighted by Gasteiger charge is 2.19. The van der Waals surface area contributed by atoms with Crippen molar-refractivity contribution in [3.63, 3.8) is 0 Å². The Balaban J connectivity index is 1.88. The van der Waals surface area contributed by atoms with Crippen LogP contribution in [-0.2, 0) is 9.47 Å². The van der Waals surface area contributed by atoms with Gasteiger partial charge in [0.1, 0.15) is 5.82 Å². The quantitative estimate of drug-likeness (QED) is 0.836. The van der Waals surface area contributed by atoms with Crippen molar-refractivity contribution >= 4 is 23.3 Å². The van der Waals surface area contributed by atoms with Gasteiger partial charge in [0.05, 0.1) is 31.6 Å². The van der Waals surface area contributed by atoms with Gasteiger partial charge >= 0.3 is 5.97 Å². The van der Waals surface area contributed by atoms with E-state index in [0.29, 0.717) is 24.5 Å². The van der Waals surface area contributed by atoms with Crippen LogP contribution in [0.3, 0.4) is 0 Å². The summed E-state index contributed by atoms with van der Waals surface area (Å²) < 4.78 is 23.9. The summed E-state index contributed by atoms with van der Waals surface area (Å²) in [5.41, 5.74) is 2.02. The molecule has 1 aliphatic rings. The van der Waals surface area contributed by atoms with Crippen molar-refractivity contribution in [2.45, 2.75) is 6.92 Å². The number of aryl methyl sites for hydroxylation is 1. The van der Waals surface area contributed by atoms with Gasteiger partial charge in [-0.3, -0.25) is 4.79 Å². The number of ether oxygens (including phenoxy) is 2. The molecule has 142 valence electrons. The Morgan fingerprint density at radius 2 is 1.89 bits per heavy atom. The molecular formula is C20H21FN2O4. The van der Waals surface area contributed by atoms with Crippen LogP contribution in [0.1, 0.15) is 26.3 Å². The summed E-state index contributed by atoms with van der Waals surface area (Å²) in [6.45, 7) is 4.29. The molecule has 3 rings (SSSR count). The van der Waals surface area contributed by atoms with Crippen molar-refractivity contribution < 1.29 is 23.5 Å². The first-order valence-corrected chi connectivity index (χ1v) is 8.62. The number of amides is 1. The van der Waals surface area contributed by atoms with Gasteiger partial charge in [-0.15, -0.1) is 0 Å². The number of hydrogen-bond donors (Lipinski definition) is 1. The monoisotopic (exact) mass is 372 g/mol. The van der Waals surface area contributed by atoms with Gasteiger partial charge < -0.3 is 19.7 Å². The average Bonchev–Trinajstić information content (AvgIpc) is 2.70. The molecule has 0 radical (unpaired) electrons. The number of esters is 1. The van der Waals surface area contributed by atoms with E-state index in [9.17, 15) is 14.0 Å². The minimum absolute atomic E-state index is 0.172. The van der Waals surface area contributed by atoms with E-state index >= 15 is 0 Å². The van der Waals surface area contributed by atoms with Crippen molar-refractivity contribution in [3.05, 3.63) is 58.9 Å². The molecule has 1 amide bonds. The molecule has 0 aliphatic carbocycles. The lowest BCUT2D eigenvalue weighted by Crippen LogP contribution is -2.36. The van der Waals surface area contributed by atoms with Crippen LogP contribution in [0.4, 0.5) is 15.8 Å². The van der Waals surface area contributed by atoms with Crippen LogP contribution >= 0.6 is 0 Å². The van der Waals surface area contributed by atoms with Crippen molar-refractivity contribution in [3.8, 4) is 0 Å². The molecule has 0 saturated carbocycles. The van der Waals surface area contributed by atoms with Gasteiger partial charge in [-0.1, -0.05) is 6.07 Å². The average molecular weight is 372 g/mol. The van der Waals surface area contributed by atoms with Crippen LogP contribution in [0, 0.1) is 12.7 Å². The van der Waals surface area contributed by atoms with Crippen LogP contribution in [0.25, 0.3) is 0 Å². The first kappa shape index (κ1) is 18.8. The SMILES string of the molecule is COC(=O)c1cc(N2CCOCC2)ccc1NC(=O)c1ccc(C)c(F)c1. The highest BCUT2D eigenvalue weighted by Crippen LogP contribution is 2.25. The molecule has 0 spiro atoms. The van der Waals surface area contributed by atoms with E-state index in [4.69, 9.17) is 9.47 Å². The van der Waals surface area contributed by atoms with E-state index in [-0.39, 0.29) is 11.1 Å². The molecule has 0 bridgehead atoms. The molecule has 1 fully saturated rings. The van der Waals surface area contributed by atoms with Gasteiger partial charge in [0.2, 0.25) is 0 Å². The van der Waals surface area contributed by atoms with E-state index in [1.807, 2.05) is 6.07 Å². The fourth-order valence-electron chi connectivity index (χ4n) is 2.87. The Labute approximate surface area is 156 Å². The maximum atomic E-state index is 13.7. The van der Waals surface area contributed by atoms with Gasteiger partial charge in [0.15, 0.2) is 0 Å². The minimum atomic E-state index is -0.560. The van der Waals surface area contributed by atoms with E-state index in [1.165, 1.54) is 25.3 Å². The normalized spacial score (nSPS) is 14.0. The van der Waals surface area contributed by atoms with Crippen molar-refractivity contribution in [2.75, 3.05) is 43.6 Å². The number of benzene rings is 2. The second-order valence-corrected chi connectivity index (χ2v) is 6.24. The van der Waals surface area contributed by atoms with Gasteiger partial charge in [-0.05, 0) is 42.8 Å². The smallest absolute Gasteiger partial charge is 0.340 e.